The van der Waals surface area contributed by atoms with Crippen molar-refractivity contribution in [3.8, 4) is 28.1 Å². The Morgan fingerprint density at radius 1 is 0.902 bits per heavy atom. The summed E-state index contributed by atoms with van der Waals surface area (Å²) < 4.78 is 24.2. The molecule has 1 amide bonds. The molecule has 4 heterocycles. The first kappa shape index (κ1) is 32.8. The minimum atomic E-state index is -1.29. The molecular formula is C40H42N6O4Si. The van der Waals surface area contributed by atoms with Crippen LogP contribution in [-0.4, -0.2) is 65.0 Å². The highest BCUT2D eigenvalue weighted by Crippen LogP contribution is 2.44. The van der Waals surface area contributed by atoms with E-state index in [0.717, 1.165) is 50.6 Å². The van der Waals surface area contributed by atoms with Gasteiger partial charge in [-0.2, -0.15) is 0 Å². The molecule has 51 heavy (non-hydrogen) atoms. The molecule has 0 bridgehead atoms. The molecular weight excluding hydrogens is 657 g/mol. The van der Waals surface area contributed by atoms with Crippen LogP contribution in [0.4, 0.5) is 10.7 Å². The fourth-order valence-corrected chi connectivity index (χ4v) is 8.00. The third-order valence-electron chi connectivity index (χ3n) is 9.98. The maximum Gasteiger partial charge on any atom is 0.416 e. The molecule has 0 saturated heterocycles. The van der Waals surface area contributed by atoms with Crippen LogP contribution in [0.2, 0.25) is 25.7 Å². The first-order chi connectivity index (χ1) is 24.6. The van der Waals surface area contributed by atoms with E-state index in [4.69, 9.17) is 24.2 Å². The van der Waals surface area contributed by atoms with Crippen LogP contribution in [0.15, 0.2) is 91.4 Å². The highest BCUT2D eigenvalue weighted by molar-refractivity contribution is 6.76. The van der Waals surface area contributed by atoms with Crippen LogP contribution >= 0.6 is 0 Å². The minimum Gasteiger partial charge on any atom is -0.497 e. The van der Waals surface area contributed by atoms with Gasteiger partial charge in [-0.15, -0.1) is 0 Å². The highest BCUT2D eigenvalue weighted by Gasteiger charge is 2.30. The number of imidazole rings is 1. The molecule has 0 fully saturated rings. The first-order valence-electron chi connectivity index (χ1n) is 17.3. The summed E-state index contributed by atoms with van der Waals surface area (Å²) in [5, 5.41) is 1.06. The van der Waals surface area contributed by atoms with Gasteiger partial charge in [-0.3, -0.25) is 8.97 Å². The van der Waals surface area contributed by atoms with Crippen LogP contribution in [0.25, 0.3) is 50.0 Å². The molecule has 11 heteroatoms. The lowest BCUT2D eigenvalue weighted by atomic mass is 9.98. The third-order valence-corrected chi connectivity index (χ3v) is 11.7. The van der Waals surface area contributed by atoms with Crippen molar-refractivity contribution in [2.24, 2.45) is 7.05 Å². The van der Waals surface area contributed by atoms with Crippen molar-refractivity contribution < 1.29 is 19.0 Å². The largest absolute Gasteiger partial charge is 0.497 e. The molecule has 260 valence electrons. The second-order valence-corrected chi connectivity index (χ2v) is 20.1. The van der Waals surface area contributed by atoms with Gasteiger partial charge < -0.3 is 18.8 Å². The van der Waals surface area contributed by atoms with Crippen LogP contribution in [0.5, 0.6) is 5.75 Å². The number of methoxy groups -OCH3 is 1. The molecule has 10 nitrogen and oxygen atoms in total. The van der Waals surface area contributed by atoms with Crippen molar-refractivity contribution in [2.75, 3.05) is 32.3 Å². The van der Waals surface area contributed by atoms with Gasteiger partial charge in [0.2, 0.25) is 5.95 Å². The second-order valence-electron chi connectivity index (χ2n) is 14.5. The summed E-state index contributed by atoms with van der Waals surface area (Å²) in [5.74, 6) is 1.18. The smallest absolute Gasteiger partial charge is 0.416 e. The molecule has 7 aromatic rings. The summed E-state index contributed by atoms with van der Waals surface area (Å²) in [7, 11) is 4.14. The lowest BCUT2D eigenvalue weighted by molar-refractivity contribution is 0.0909. The SMILES string of the molecule is COc1ccc2c(c1)c(-c1cc3c(ncc4cnc(N(C)C(=O)OCC5c6ccccc6-c6ccccc65)n43)n1COCC[Si](C)(C)C)cn2C. The van der Waals surface area contributed by atoms with Crippen molar-refractivity contribution in [2.45, 2.75) is 38.3 Å². The maximum atomic E-state index is 13.8. The summed E-state index contributed by atoms with van der Waals surface area (Å²) >= 11 is 0. The Balaban J connectivity index is 1.17. The summed E-state index contributed by atoms with van der Waals surface area (Å²) in [6, 6.07) is 25.9. The van der Waals surface area contributed by atoms with Crippen LogP contribution in [0, 0.1) is 0 Å². The number of aromatic nitrogens is 5. The molecule has 0 aliphatic heterocycles. The number of anilines is 1. The Morgan fingerprint density at radius 3 is 2.31 bits per heavy atom. The molecule has 0 saturated carbocycles. The lowest BCUT2D eigenvalue weighted by Gasteiger charge is -2.19. The van der Waals surface area contributed by atoms with Crippen LogP contribution in [0.3, 0.4) is 0 Å². The number of nitrogens with zero attached hydrogens (tertiary/aromatic N) is 6. The van der Waals surface area contributed by atoms with E-state index in [-0.39, 0.29) is 12.5 Å². The minimum absolute atomic E-state index is 0.0421. The van der Waals surface area contributed by atoms with Gasteiger partial charge in [0.1, 0.15) is 19.1 Å². The van der Waals surface area contributed by atoms with Gasteiger partial charge in [0.15, 0.2) is 5.65 Å². The molecule has 0 unspecified atom stereocenters. The van der Waals surface area contributed by atoms with Crippen molar-refractivity contribution in [3.63, 3.8) is 0 Å². The van der Waals surface area contributed by atoms with Gasteiger partial charge in [-0.1, -0.05) is 68.2 Å². The Labute approximate surface area is 297 Å². The first-order valence-corrected chi connectivity index (χ1v) is 21.0. The zero-order chi connectivity index (χ0) is 35.4. The van der Waals surface area contributed by atoms with E-state index in [0.29, 0.717) is 19.3 Å². The van der Waals surface area contributed by atoms with Crippen LogP contribution in [-0.2, 0) is 23.3 Å². The van der Waals surface area contributed by atoms with Crippen molar-refractivity contribution in [1.29, 1.82) is 0 Å². The Kier molecular flexibility index (Phi) is 8.19. The van der Waals surface area contributed by atoms with Gasteiger partial charge in [0, 0.05) is 57.4 Å². The number of carbonyl (C=O) groups excluding carboxylic acids is 1. The predicted molar refractivity (Wildman–Crippen MR) is 205 cm³/mol. The van der Waals surface area contributed by atoms with Gasteiger partial charge in [-0.05, 0) is 52.6 Å². The Morgan fingerprint density at radius 2 is 1.61 bits per heavy atom. The van der Waals surface area contributed by atoms with Crippen LogP contribution in [0.1, 0.15) is 17.0 Å². The number of carbonyl (C=O) groups is 1. The van der Waals surface area contributed by atoms with E-state index in [1.165, 1.54) is 27.2 Å². The van der Waals surface area contributed by atoms with E-state index in [1.54, 1.807) is 26.6 Å². The quantitative estimate of drug-likeness (QED) is 0.105. The number of hydrogen-bond donors (Lipinski definition) is 0. The molecule has 0 radical (unpaired) electrons. The van der Waals surface area contributed by atoms with Gasteiger partial charge in [0.25, 0.3) is 0 Å². The topological polar surface area (TPSA) is 88.1 Å². The van der Waals surface area contributed by atoms with Gasteiger partial charge >= 0.3 is 6.09 Å². The monoisotopic (exact) mass is 698 g/mol. The van der Waals surface area contributed by atoms with Crippen molar-refractivity contribution >= 4 is 47.7 Å². The number of aryl methyl sites for hydroxylation is 1. The van der Waals surface area contributed by atoms with E-state index in [9.17, 15) is 4.79 Å². The molecule has 1 aliphatic rings. The average Bonchev–Trinajstić information content (AvgIpc) is 3.89. The zero-order valence-electron chi connectivity index (χ0n) is 29.9. The number of fused-ring (bicyclic) bond motifs is 7. The molecule has 4 aromatic heterocycles. The van der Waals surface area contributed by atoms with Gasteiger partial charge in [-0.25, -0.2) is 19.7 Å². The summed E-state index contributed by atoms with van der Waals surface area (Å²) in [5.41, 5.74) is 10.1. The maximum absolute atomic E-state index is 13.8. The Bertz CT molecular complexity index is 2390. The van der Waals surface area contributed by atoms with E-state index < -0.39 is 14.2 Å². The number of amides is 1. The molecule has 1 aliphatic carbocycles. The lowest BCUT2D eigenvalue weighted by Crippen LogP contribution is -2.30. The van der Waals surface area contributed by atoms with E-state index >= 15 is 0 Å². The fraction of sp³-hybridized carbons (Fsp3) is 0.275. The van der Waals surface area contributed by atoms with E-state index in [2.05, 4.69) is 77.4 Å². The van der Waals surface area contributed by atoms with Crippen molar-refractivity contribution in [1.82, 2.24) is 23.5 Å². The standard InChI is InChI=1S/C40H42N6O4Si/c1-43-23-33(32-19-27(48-3)15-16-35(32)43)36-20-37-38(45(36)25-49-17-18-51(4,5)6)41-21-26-22-42-39(46(26)37)44(2)40(47)50-24-34-30-13-9-7-11-28(30)29-12-8-10-14-31(29)34/h7-16,19-23,34H,17-18,24-25H2,1-6H3. The molecule has 3 aromatic carbocycles. The average molecular weight is 699 g/mol. The highest BCUT2D eigenvalue weighted by atomic mass is 28.3. The van der Waals surface area contributed by atoms with Crippen LogP contribution < -0.4 is 9.64 Å². The number of benzene rings is 3. The summed E-state index contributed by atoms with van der Waals surface area (Å²) in [6.07, 6.45) is 5.17. The number of ether oxygens (including phenoxy) is 3. The summed E-state index contributed by atoms with van der Waals surface area (Å²) in [6.45, 7) is 8.26. The summed E-state index contributed by atoms with van der Waals surface area (Å²) in [4.78, 5) is 24.9. The fourth-order valence-electron chi connectivity index (χ4n) is 7.24. The second kappa shape index (κ2) is 12.7. The van der Waals surface area contributed by atoms with E-state index in [1.807, 2.05) is 41.8 Å². The molecule has 0 spiro atoms. The number of hydrogen-bond acceptors (Lipinski definition) is 6. The normalized spacial score (nSPS) is 12.9. The number of rotatable bonds is 10. The molecule has 0 N–H and O–H groups in total. The third kappa shape index (κ3) is 5.76. The Hall–Kier alpha value is -5.39. The predicted octanol–water partition coefficient (Wildman–Crippen LogP) is 8.55. The van der Waals surface area contributed by atoms with Crippen molar-refractivity contribution in [3.05, 3.63) is 103 Å². The van der Waals surface area contributed by atoms with Gasteiger partial charge in [0.05, 0.1) is 36.2 Å². The zero-order valence-corrected chi connectivity index (χ0v) is 30.9. The molecule has 8 rings (SSSR count). The molecule has 0 atom stereocenters.